The van der Waals surface area contributed by atoms with Crippen LogP contribution in [-0.2, 0) is 6.42 Å². The first-order chi connectivity index (χ1) is 11.3. The standard InChI is InChI=1S/C18H15N3O2/c22-18(14-6-7-17-13(10-14)8-9-23-17)20-15-11-19-21(12-15)16-4-2-1-3-5-16/h1-7,10-12H,8-9H2,(H,20,22). The number of nitrogens with zero attached hydrogens (tertiary/aromatic N) is 2. The molecule has 3 aromatic rings. The van der Waals surface area contributed by atoms with Crippen LogP contribution in [0.4, 0.5) is 5.69 Å². The number of fused-ring (bicyclic) bond motifs is 1. The molecule has 2 heterocycles. The zero-order valence-corrected chi connectivity index (χ0v) is 12.4. The van der Waals surface area contributed by atoms with Crippen molar-refractivity contribution in [2.75, 3.05) is 11.9 Å². The van der Waals surface area contributed by atoms with Crippen LogP contribution in [-0.4, -0.2) is 22.3 Å². The lowest BCUT2D eigenvalue weighted by molar-refractivity contribution is 0.102. The molecule has 0 aliphatic carbocycles. The number of carbonyl (C=O) groups excluding carboxylic acids is 1. The fourth-order valence-corrected chi connectivity index (χ4v) is 2.64. The van der Waals surface area contributed by atoms with Crippen LogP contribution < -0.4 is 10.1 Å². The van der Waals surface area contributed by atoms with Gasteiger partial charge in [0, 0.05) is 12.0 Å². The fraction of sp³-hybridized carbons (Fsp3) is 0.111. The lowest BCUT2D eigenvalue weighted by Gasteiger charge is -2.04. The SMILES string of the molecule is O=C(Nc1cnn(-c2ccccc2)c1)c1ccc2c(c1)CCO2. The van der Waals surface area contributed by atoms with Crippen molar-refractivity contribution in [2.24, 2.45) is 0 Å². The fourth-order valence-electron chi connectivity index (χ4n) is 2.64. The Labute approximate surface area is 133 Å². The maximum Gasteiger partial charge on any atom is 0.255 e. The van der Waals surface area contributed by atoms with Crippen molar-refractivity contribution < 1.29 is 9.53 Å². The van der Waals surface area contributed by atoms with Gasteiger partial charge in [0.1, 0.15) is 5.75 Å². The van der Waals surface area contributed by atoms with Gasteiger partial charge in [-0.2, -0.15) is 5.10 Å². The number of ether oxygens (including phenoxy) is 1. The molecule has 4 rings (SSSR count). The van der Waals surface area contributed by atoms with E-state index in [9.17, 15) is 4.79 Å². The largest absolute Gasteiger partial charge is 0.493 e. The average molecular weight is 305 g/mol. The molecule has 23 heavy (non-hydrogen) atoms. The van der Waals surface area contributed by atoms with Crippen LogP contribution in [0.15, 0.2) is 60.9 Å². The summed E-state index contributed by atoms with van der Waals surface area (Å²) in [5.74, 6) is 0.728. The van der Waals surface area contributed by atoms with Gasteiger partial charge in [-0.1, -0.05) is 18.2 Å². The Bertz CT molecular complexity index is 856. The second-order valence-corrected chi connectivity index (χ2v) is 5.38. The van der Waals surface area contributed by atoms with Crippen LogP contribution in [0.2, 0.25) is 0 Å². The van der Waals surface area contributed by atoms with Gasteiger partial charge in [0.05, 0.1) is 30.4 Å². The third kappa shape index (κ3) is 2.68. The van der Waals surface area contributed by atoms with Crippen molar-refractivity contribution in [2.45, 2.75) is 6.42 Å². The molecule has 0 atom stereocenters. The van der Waals surface area contributed by atoms with Crippen LogP contribution in [0.25, 0.3) is 5.69 Å². The Morgan fingerprint density at radius 1 is 1.17 bits per heavy atom. The van der Waals surface area contributed by atoms with Crippen molar-refractivity contribution in [1.29, 1.82) is 0 Å². The number of anilines is 1. The van der Waals surface area contributed by atoms with E-state index in [0.717, 1.165) is 23.4 Å². The first-order valence-electron chi connectivity index (χ1n) is 7.47. The number of benzene rings is 2. The van der Waals surface area contributed by atoms with Crippen molar-refractivity contribution in [3.05, 3.63) is 72.1 Å². The molecule has 5 nitrogen and oxygen atoms in total. The third-order valence-corrected chi connectivity index (χ3v) is 3.81. The van der Waals surface area contributed by atoms with Gasteiger partial charge in [0.15, 0.2) is 0 Å². The van der Waals surface area contributed by atoms with Crippen LogP contribution in [0.5, 0.6) is 5.75 Å². The molecule has 0 bridgehead atoms. The van der Waals surface area contributed by atoms with Crippen LogP contribution >= 0.6 is 0 Å². The van der Waals surface area contributed by atoms with Gasteiger partial charge < -0.3 is 10.1 Å². The summed E-state index contributed by atoms with van der Waals surface area (Å²) in [6, 6.07) is 15.3. The highest BCUT2D eigenvalue weighted by atomic mass is 16.5. The van der Waals surface area contributed by atoms with Crippen molar-refractivity contribution >= 4 is 11.6 Å². The molecule has 1 aliphatic heterocycles. The smallest absolute Gasteiger partial charge is 0.255 e. The van der Waals surface area contributed by atoms with Crippen molar-refractivity contribution in [3.8, 4) is 11.4 Å². The van der Waals surface area contributed by atoms with Gasteiger partial charge in [-0.15, -0.1) is 0 Å². The summed E-state index contributed by atoms with van der Waals surface area (Å²) in [6.45, 7) is 0.685. The predicted molar refractivity (Wildman–Crippen MR) is 87.2 cm³/mol. The molecule has 0 saturated heterocycles. The molecule has 1 aliphatic rings. The molecule has 114 valence electrons. The summed E-state index contributed by atoms with van der Waals surface area (Å²) >= 11 is 0. The Morgan fingerprint density at radius 2 is 2.04 bits per heavy atom. The van der Waals surface area contributed by atoms with E-state index in [1.54, 1.807) is 23.1 Å². The highest BCUT2D eigenvalue weighted by molar-refractivity contribution is 6.04. The number of hydrogen-bond donors (Lipinski definition) is 1. The highest BCUT2D eigenvalue weighted by Crippen LogP contribution is 2.26. The molecule has 0 unspecified atom stereocenters. The molecular weight excluding hydrogens is 290 g/mol. The average Bonchev–Trinajstić information content (AvgIpc) is 3.24. The first-order valence-corrected chi connectivity index (χ1v) is 7.47. The number of amides is 1. The van der Waals surface area contributed by atoms with E-state index in [-0.39, 0.29) is 5.91 Å². The van der Waals surface area contributed by atoms with E-state index >= 15 is 0 Å². The normalized spacial score (nSPS) is 12.5. The Balaban J connectivity index is 1.52. The molecule has 0 fully saturated rings. The van der Waals surface area contributed by atoms with Crippen molar-refractivity contribution in [3.63, 3.8) is 0 Å². The number of aromatic nitrogens is 2. The highest BCUT2D eigenvalue weighted by Gasteiger charge is 2.15. The van der Waals surface area contributed by atoms with E-state index in [0.29, 0.717) is 17.9 Å². The van der Waals surface area contributed by atoms with E-state index < -0.39 is 0 Å². The minimum Gasteiger partial charge on any atom is -0.493 e. The minimum atomic E-state index is -0.146. The van der Waals surface area contributed by atoms with Gasteiger partial charge in [0.25, 0.3) is 5.91 Å². The van der Waals surface area contributed by atoms with Gasteiger partial charge in [0.2, 0.25) is 0 Å². The first kappa shape index (κ1) is 13.6. The van der Waals surface area contributed by atoms with Gasteiger partial charge >= 0.3 is 0 Å². The molecule has 0 spiro atoms. The number of carbonyl (C=O) groups is 1. The number of hydrogen-bond acceptors (Lipinski definition) is 3. The van der Waals surface area contributed by atoms with E-state index in [4.69, 9.17) is 4.74 Å². The molecule has 5 heteroatoms. The second kappa shape index (κ2) is 5.61. The number of rotatable bonds is 3. The summed E-state index contributed by atoms with van der Waals surface area (Å²) in [6.07, 6.45) is 4.29. The number of nitrogens with one attached hydrogen (secondary N) is 1. The second-order valence-electron chi connectivity index (χ2n) is 5.38. The molecule has 1 amide bonds. The molecule has 2 aromatic carbocycles. The molecule has 0 saturated carbocycles. The summed E-state index contributed by atoms with van der Waals surface area (Å²) in [7, 11) is 0. The lowest BCUT2D eigenvalue weighted by Crippen LogP contribution is -2.11. The Morgan fingerprint density at radius 3 is 2.91 bits per heavy atom. The number of para-hydroxylation sites is 1. The summed E-state index contributed by atoms with van der Waals surface area (Å²) in [5.41, 5.74) is 3.32. The summed E-state index contributed by atoms with van der Waals surface area (Å²) < 4.78 is 7.19. The Kier molecular flexibility index (Phi) is 3.31. The van der Waals surface area contributed by atoms with Gasteiger partial charge in [-0.05, 0) is 35.9 Å². The Hall–Kier alpha value is -3.08. The van der Waals surface area contributed by atoms with Crippen LogP contribution in [0, 0.1) is 0 Å². The van der Waals surface area contributed by atoms with Gasteiger partial charge in [-0.3, -0.25) is 4.79 Å². The maximum atomic E-state index is 12.4. The molecule has 0 radical (unpaired) electrons. The van der Waals surface area contributed by atoms with Crippen LogP contribution in [0.1, 0.15) is 15.9 Å². The predicted octanol–water partition coefficient (Wildman–Crippen LogP) is 3.06. The van der Waals surface area contributed by atoms with Crippen molar-refractivity contribution in [1.82, 2.24) is 9.78 Å². The minimum absolute atomic E-state index is 0.146. The summed E-state index contributed by atoms with van der Waals surface area (Å²) in [4.78, 5) is 12.4. The van der Waals surface area contributed by atoms with Crippen LogP contribution in [0.3, 0.4) is 0 Å². The summed E-state index contributed by atoms with van der Waals surface area (Å²) in [5, 5.41) is 7.15. The molecule has 1 N–H and O–H groups in total. The third-order valence-electron chi connectivity index (χ3n) is 3.81. The van der Waals surface area contributed by atoms with E-state index in [1.165, 1.54) is 0 Å². The maximum absolute atomic E-state index is 12.4. The molecular formula is C18H15N3O2. The topological polar surface area (TPSA) is 56.2 Å². The monoisotopic (exact) mass is 305 g/mol. The quantitative estimate of drug-likeness (QED) is 0.809. The van der Waals surface area contributed by atoms with E-state index in [1.807, 2.05) is 42.5 Å². The van der Waals surface area contributed by atoms with Gasteiger partial charge in [-0.25, -0.2) is 4.68 Å². The zero-order chi connectivity index (χ0) is 15.6. The zero-order valence-electron chi connectivity index (χ0n) is 12.4. The van der Waals surface area contributed by atoms with E-state index in [2.05, 4.69) is 10.4 Å². The molecule has 1 aromatic heterocycles. The lowest BCUT2D eigenvalue weighted by atomic mass is 10.1.